The Morgan fingerprint density at radius 2 is 1.59 bits per heavy atom. The zero-order chi connectivity index (χ0) is 21.9. The number of non-ortho nitro benzene ring substituents is 1. The van der Waals surface area contributed by atoms with Crippen LogP contribution in [-0.2, 0) is 6.54 Å². The molecule has 0 aliphatic carbocycles. The van der Waals surface area contributed by atoms with Crippen LogP contribution in [0.3, 0.4) is 0 Å². The standard InChI is InChI=1S/C26H20N4O2/c31-30(32)23-14-12-22(13-15-23)28-27-16-21-18-29(26-11-4-3-10-25(21)26)17-20-8-5-7-19-6-1-2-9-24(19)20/h1-16,18,28H,17H2/b27-16+. The van der Waals surface area contributed by atoms with E-state index in [0.717, 1.165) is 23.0 Å². The number of hydrogen-bond acceptors (Lipinski definition) is 4. The van der Waals surface area contributed by atoms with Gasteiger partial charge < -0.3 is 4.57 Å². The number of hydrogen-bond donors (Lipinski definition) is 1. The van der Waals surface area contributed by atoms with Gasteiger partial charge in [0.05, 0.1) is 16.8 Å². The predicted molar refractivity (Wildman–Crippen MR) is 129 cm³/mol. The molecule has 0 saturated carbocycles. The maximum atomic E-state index is 10.8. The number of rotatable bonds is 6. The smallest absolute Gasteiger partial charge is 0.269 e. The molecule has 1 aromatic heterocycles. The van der Waals surface area contributed by atoms with Crippen molar-refractivity contribution in [3.05, 3.63) is 118 Å². The number of para-hydroxylation sites is 1. The first kappa shape index (κ1) is 19.5. The van der Waals surface area contributed by atoms with Crippen LogP contribution >= 0.6 is 0 Å². The molecule has 0 unspecified atom stereocenters. The average Bonchev–Trinajstić information content (AvgIpc) is 3.17. The molecule has 1 N–H and O–H groups in total. The molecular formula is C26H20N4O2. The maximum Gasteiger partial charge on any atom is 0.269 e. The van der Waals surface area contributed by atoms with Gasteiger partial charge >= 0.3 is 0 Å². The number of anilines is 1. The van der Waals surface area contributed by atoms with Gasteiger partial charge in [-0.3, -0.25) is 15.5 Å². The molecule has 0 bridgehead atoms. The number of aromatic nitrogens is 1. The second-order valence-electron chi connectivity index (χ2n) is 7.54. The highest BCUT2D eigenvalue weighted by Gasteiger charge is 2.09. The molecule has 0 saturated heterocycles. The van der Waals surface area contributed by atoms with Crippen LogP contribution in [-0.4, -0.2) is 15.7 Å². The van der Waals surface area contributed by atoms with E-state index in [4.69, 9.17) is 0 Å². The molecule has 0 atom stereocenters. The quantitative estimate of drug-likeness (QED) is 0.202. The molecule has 5 rings (SSSR count). The van der Waals surface area contributed by atoms with Crippen molar-refractivity contribution < 1.29 is 4.92 Å². The lowest BCUT2D eigenvalue weighted by Gasteiger charge is -2.09. The lowest BCUT2D eigenvalue weighted by Crippen LogP contribution is -1.98. The van der Waals surface area contributed by atoms with Crippen molar-refractivity contribution in [2.45, 2.75) is 6.54 Å². The zero-order valence-corrected chi connectivity index (χ0v) is 17.2. The van der Waals surface area contributed by atoms with Gasteiger partial charge in [0.2, 0.25) is 0 Å². The number of hydrazone groups is 1. The molecule has 5 aromatic rings. The summed E-state index contributed by atoms with van der Waals surface area (Å²) in [4.78, 5) is 10.4. The first-order valence-electron chi connectivity index (χ1n) is 10.3. The van der Waals surface area contributed by atoms with Gasteiger partial charge in [0.25, 0.3) is 5.69 Å². The van der Waals surface area contributed by atoms with Crippen molar-refractivity contribution in [1.29, 1.82) is 0 Å². The van der Waals surface area contributed by atoms with Crippen molar-refractivity contribution >= 4 is 39.3 Å². The number of nitro benzene ring substituents is 1. The van der Waals surface area contributed by atoms with Crippen LogP contribution in [0.1, 0.15) is 11.1 Å². The van der Waals surface area contributed by atoms with Gasteiger partial charge in [-0.25, -0.2) is 0 Å². The summed E-state index contributed by atoms with van der Waals surface area (Å²) in [6, 6.07) is 29.3. The Bertz CT molecular complexity index is 1450. The summed E-state index contributed by atoms with van der Waals surface area (Å²) in [5, 5.41) is 18.7. The molecule has 1 heterocycles. The average molecular weight is 420 g/mol. The highest BCUT2D eigenvalue weighted by atomic mass is 16.6. The molecule has 0 spiro atoms. The highest BCUT2D eigenvalue weighted by molar-refractivity contribution is 5.99. The van der Waals surface area contributed by atoms with Crippen LogP contribution in [0.5, 0.6) is 0 Å². The Hall–Kier alpha value is -4.45. The Morgan fingerprint density at radius 1 is 0.875 bits per heavy atom. The van der Waals surface area contributed by atoms with E-state index < -0.39 is 4.92 Å². The van der Waals surface area contributed by atoms with E-state index >= 15 is 0 Å². The van der Waals surface area contributed by atoms with Crippen molar-refractivity contribution in [3.8, 4) is 0 Å². The minimum Gasteiger partial charge on any atom is -0.342 e. The van der Waals surface area contributed by atoms with Crippen LogP contribution in [0.25, 0.3) is 21.7 Å². The van der Waals surface area contributed by atoms with Gasteiger partial charge in [0.1, 0.15) is 0 Å². The number of nitro groups is 1. The second-order valence-corrected chi connectivity index (χ2v) is 7.54. The largest absolute Gasteiger partial charge is 0.342 e. The first-order chi connectivity index (χ1) is 15.7. The van der Waals surface area contributed by atoms with E-state index in [-0.39, 0.29) is 5.69 Å². The molecule has 6 heteroatoms. The molecule has 6 nitrogen and oxygen atoms in total. The molecule has 0 fully saturated rings. The maximum absolute atomic E-state index is 10.8. The van der Waals surface area contributed by atoms with E-state index in [2.05, 4.69) is 75.9 Å². The minimum atomic E-state index is -0.419. The normalized spacial score (nSPS) is 11.4. The second kappa shape index (κ2) is 8.35. The third-order valence-electron chi connectivity index (χ3n) is 5.52. The molecule has 0 amide bonds. The van der Waals surface area contributed by atoms with Crippen molar-refractivity contribution in [3.63, 3.8) is 0 Å². The Balaban J connectivity index is 1.43. The van der Waals surface area contributed by atoms with Crippen LogP contribution in [0.4, 0.5) is 11.4 Å². The van der Waals surface area contributed by atoms with E-state index in [1.54, 1.807) is 18.3 Å². The summed E-state index contributed by atoms with van der Waals surface area (Å²) >= 11 is 0. The molecule has 156 valence electrons. The number of fused-ring (bicyclic) bond motifs is 2. The summed E-state index contributed by atoms with van der Waals surface area (Å²) in [6.45, 7) is 0.755. The van der Waals surface area contributed by atoms with E-state index in [0.29, 0.717) is 5.69 Å². The Labute approximate surface area is 184 Å². The molecule has 0 aliphatic heterocycles. The van der Waals surface area contributed by atoms with Crippen LogP contribution in [0, 0.1) is 10.1 Å². The van der Waals surface area contributed by atoms with Gasteiger partial charge in [0, 0.05) is 41.3 Å². The minimum absolute atomic E-state index is 0.0519. The summed E-state index contributed by atoms with van der Waals surface area (Å²) in [5.41, 5.74) is 7.08. The van der Waals surface area contributed by atoms with Crippen LogP contribution < -0.4 is 5.43 Å². The van der Waals surface area contributed by atoms with E-state index in [1.807, 2.05) is 12.1 Å². The monoisotopic (exact) mass is 420 g/mol. The summed E-state index contributed by atoms with van der Waals surface area (Å²) in [5.74, 6) is 0. The fourth-order valence-corrected chi connectivity index (χ4v) is 3.96. The van der Waals surface area contributed by atoms with E-state index in [1.165, 1.54) is 28.5 Å². The van der Waals surface area contributed by atoms with Crippen LogP contribution in [0.15, 0.2) is 102 Å². The molecular weight excluding hydrogens is 400 g/mol. The van der Waals surface area contributed by atoms with Gasteiger partial charge in [-0.05, 0) is 34.5 Å². The van der Waals surface area contributed by atoms with Gasteiger partial charge in [-0.1, -0.05) is 60.7 Å². The number of nitrogens with zero attached hydrogens (tertiary/aromatic N) is 3. The van der Waals surface area contributed by atoms with Crippen molar-refractivity contribution in [2.24, 2.45) is 5.10 Å². The Morgan fingerprint density at radius 3 is 2.41 bits per heavy atom. The lowest BCUT2D eigenvalue weighted by molar-refractivity contribution is -0.384. The molecule has 0 radical (unpaired) electrons. The molecule has 32 heavy (non-hydrogen) atoms. The number of benzene rings is 4. The lowest BCUT2D eigenvalue weighted by atomic mass is 10.0. The number of nitrogens with one attached hydrogen (secondary N) is 1. The van der Waals surface area contributed by atoms with Gasteiger partial charge in [-0.15, -0.1) is 0 Å². The fraction of sp³-hybridized carbons (Fsp3) is 0.0385. The van der Waals surface area contributed by atoms with E-state index in [9.17, 15) is 10.1 Å². The summed E-state index contributed by atoms with van der Waals surface area (Å²) in [7, 11) is 0. The van der Waals surface area contributed by atoms with Crippen molar-refractivity contribution in [2.75, 3.05) is 5.43 Å². The fourth-order valence-electron chi connectivity index (χ4n) is 3.96. The first-order valence-corrected chi connectivity index (χ1v) is 10.3. The SMILES string of the molecule is O=[N+]([O-])c1ccc(N/N=C/c2cn(Cc3cccc4ccccc34)c3ccccc23)cc1. The third-order valence-corrected chi connectivity index (χ3v) is 5.52. The molecule has 0 aliphatic rings. The van der Waals surface area contributed by atoms with Gasteiger partial charge in [0.15, 0.2) is 0 Å². The van der Waals surface area contributed by atoms with Crippen LogP contribution in [0.2, 0.25) is 0 Å². The summed E-state index contributed by atoms with van der Waals surface area (Å²) in [6.07, 6.45) is 3.89. The van der Waals surface area contributed by atoms with Gasteiger partial charge in [-0.2, -0.15) is 5.10 Å². The summed E-state index contributed by atoms with van der Waals surface area (Å²) < 4.78 is 2.24. The Kier molecular flexibility index (Phi) is 5.09. The molecule has 4 aromatic carbocycles. The zero-order valence-electron chi connectivity index (χ0n) is 17.2. The predicted octanol–water partition coefficient (Wildman–Crippen LogP) is 6.20. The van der Waals surface area contributed by atoms with Crippen molar-refractivity contribution in [1.82, 2.24) is 4.57 Å². The highest BCUT2D eigenvalue weighted by Crippen LogP contribution is 2.24. The topological polar surface area (TPSA) is 72.5 Å². The third kappa shape index (κ3) is 3.81.